The molecule has 20 heavy (non-hydrogen) atoms. The van der Waals surface area contributed by atoms with Gasteiger partial charge in [-0.25, -0.2) is 0 Å². The fourth-order valence-corrected chi connectivity index (χ4v) is 2.42. The average molecular weight is 277 g/mol. The van der Waals surface area contributed by atoms with Crippen molar-refractivity contribution in [1.29, 1.82) is 0 Å². The Hall–Kier alpha value is -1.39. The molecule has 4 heteroatoms. The molecule has 1 amide bonds. The van der Waals surface area contributed by atoms with Gasteiger partial charge in [0, 0.05) is 18.3 Å². The molecule has 3 N–H and O–H groups in total. The van der Waals surface area contributed by atoms with Crippen molar-refractivity contribution in [1.82, 2.24) is 4.90 Å². The molecule has 0 aliphatic heterocycles. The van der Waals surface area contributed by atoms with Gasteiger partial charge in [-0.15, -0.1) is 0 Å². The van der Waals surface area contributed by atoms with Crippen LogP contribution in [0.4, 0.5) is 5.69 Å². The minimum absolute atomic E-state index is 0.0142. The number of carbonyl (C=O) groups excluding carboxylic acids is 1. The van der Waals surface area contributed by atoms with Crippen LogP contribution < -0.4 is 11.1 Å². The molecule has 1 rings (SSSR count). The average Bonchev–Trinajstić information content (AvgIpc) is 2.48. The molecule has 0 fully saturated rings. The largest absolute Gasteiger partial charge is 0.326 e. The number of likely N-dealkylation sites (N-methyl/N-ethyl adjacent to an activating group) is 1. The molecule has 1 unspecified atom stereocenters. The van der Waals surface area contributed by atoms with Crippen molar-refractivity contribution in [2.75, 3.05) is 12.4 Å². The number of benzene rings is 1. The van der Waals surface area contributed by atoms with Crippen LogP contribution in [0.15, 0.2) is 24.3 Å². The quantitative estimate of drug-likeness (QED) is 0.805. The molecule has 0 radical (unpaired) electrons. The van der Waals surface area contributed by atoms with E-state index in [1.54, 1.807) is 0 Å². The number of nitrogens with two attached hydrogens (primary N) is 1. The van der Waals surface area contributed by atoms with E-state index in [1.165, 1.54) is 0 Å². The van der Waals surface area contributed by atoms with Crippen LogP contribution in [-0.2, 0) is 11.3 Å². The SMILES string of the molecule is CCC(CC)N(C)C(C)C(=O)Nc1ccccc1CN. The van der Waals surface area contributed by atoms with Gasteiger partial charge in [-0.3, -0.25) is 9.69 Å². The van der Waals surface area contributed by atoms with Crippen LogP contribution in [0.5, 0.6) is 0 Å². The summed E-state index contributed by atoms with van der Waals surface area (Å²) in [6.45, 7) is 6.67. The van der Waals surface area contributed by atoms with Crippen LogP contribution in [0.1, 0.15) is 39.2 Å². The molecule has 1 atom stereocenters. The van der Waals surface area contributed by atoms with Crippen molar-refractivity contribution in [3.63, 3.8) is 0 Å². The minimum Gasteiger partial charge on any atom is -0.326 e. The Morgan fingerprint density at radius 2 is 1.90 bits per heavy atom. The third kappa shape index (κ3) is 4.05. The molecule has 1 aromatic carbocycles. The first-order valence-electron chi connectivity index (χ1n) is 7.35. The number of hydrogen-bond donors (Lipinski definition) is 2. The molecular formula is C16H27N3O. The Morgan fingerprint density at radius 3 is 2.45 bits per heavy atom. The Balaban J connectivity index is 2.75. The molecule has 0 heterocycles. The Kier molecular flexibility index (Phi) is 6.68. The molecule has 0 aliphatic carbocycles. The molecule has 0 saturated heterocycles. The number of amides is 1. The third-order valence-corrected chi connectivity index (χ3v) is 4.00. The van der Waals surface area contributed by atoms with Gasteiger partial charge in [-0.05, 0) is 38.4 Å². The Bertz CT molecular complexity index is 429. The second-order valence-corrected chi connectivity index (χ2v) is 5.16. The Labute approximate surface area is 122 Å². The van der Waals surface area contributed by atoms with Crippen molar-refractivity contribution in [3.8, 4) is 0 Å². The zero-order valence-corrected chi connectivity index (χ0v) is 13.0. The summed E-state index contributed by atoms with van der Waals surface area (Å²) in [7, 11) is 2.01. The number of para-hydroxylation sites is 1. The van der Waals surface area contributed by atoms with E-state index >= 15 is 0 Å². The van der Waals surface area contributed by atoms with Gasteiger partial charge in [0.15, 0.2) is 0 Å². The lowest BCUT2D eigenvalue weighted by molar-refractivity contribution is -0.121. The highest BCUT2D eigenvalue weighted by Gasteiger charge is 2.23. The van der Waals surface area contributed by atoms with Crippen LogP contribution in [0.3, 0.4) is 0 Å². The number of hydrogen-bond acceptors (Lipinski definition) is 3. The van der Waals surface area contributed by atoms with E-state index in [0.29, 0.717) is 12.6 Å². The summed E-state index contributed by atoms with van der Waals surface area (Å²) >= 11 is 0. The van der Waals surface area contributed by atoms with Crippen molar-refractivity contribution < 1.29 is 4.79 Å². The number of anilines is 1. The van der Waals surface area contributed by atoms with E-state index in [0.717, 1.165) is 24.1 Å². The molecule has 4 nitrogen and oxygen atoms in total. The zero-order valence-electron chi connectivity index (χ0n) is 13.0. The maximum Gasteiger partial charge on any atom is 0.241 e. The van der Waals surface area contributed by atoms with E-state index in [1.807, 2.05) is 38.2 Å². The summed E-state index contributed by atoms with van der Waals surface area (Å²) in [5.41, 5.74) is 7.46. The number of carbonyl (C=O) groups is 1. The van der Waals surface area contributed by atoms with E-state index < -0.39 is 0 Å². The molecule has 0 saturated carbocycles. The highest BCUT2D eigenvalue weighted by molar-refractivity contribution is 5.95. The molecule has 0 bridgehead atoms. The first kappa shape index (κ1) is 16.7. The lowest BCUT2D eigenvalue weighted by Crippen LogP contribution is -2.45. The summed E-state index contributed by atoms with van der Waals surface area (Å²) in [5, 5.41) is 2.98. The monoisotopic (exact) mass is 277 g/mol. The topological polar surface area (TPSA) is 58.4 Å². The molecule has 1 aromatic rings. The van der Waals surface area contributed by atoms with Gasteiger partial charge in [0.1, 0.15) is 0 Å². The lowest BCUT2D eigenvalue weighted by Gasteiger charge is -2.31. The van der Waals surface area contributed by atoms with Gasteiger partial charge >= 0.3 is 0 Å². The maximum atomic E-state index is 12.4. The van der Waals surface area contributed by atoms with Crippen molar-refractivity contribution >= 4 is 11.6 Å². The van der Waals surface area contributed by atoms with Gasteiger partial charge in [0.05, 0.1) is 6.04 Å². The van der Waals surface area contributed by atoms with Crippen LogP contribution in [-0.4, -0.2) is 29.9 Å². The summed E-state index contributed by atoms with van der Waals surface area (Å²) in [5.74, 6) is 0.0142. The highest BCUT2D eigenvalue weighted by Crippen LogP contribution is 2.16. The first-order valence-corrected chi connectivity index (χ1v) is 7.35. The van der Waals surface area contributed by atoms with Crippen molar-refractivity contribution in [2.45, 2.75) is 52.2 Å². The normalized spacial score (nSPS) is 12.8. The van der Waals surface area contributed by atoms with E-state index in [-0.39, 0.29) is 11.9 Å². The number of nitrogens with one attached hydrogen (secondary N) is 1. The zero-order chi connectivity index (χ0) is 15.1. The molecule has 0 spiro atoms. The number of rotatable bonds is 7. The predicted molar refractivity (Wildman–Crippen MR) is 84.6 cm³/mol. The fraction of sp³-hybridized carbons (Fsp3) is 0.562. The fourth-order valence-electron chi connectivity index (χ4n) is 2.42. The van der Waals surface area contributed by atoms with Crippen LogP contribution in [0.25, 0.3) is 0 Å². The van der Waals surface area contributed by atoms with Crippen molar-refractivity contribution in [2.24, 2.45) is 5.73 Å². The van der Waals surface area contributed by atoms with Gasteiger partial charge in [-0.1, -0.05) is 32.0 Å². The summed E-state index contributed by atoms with van der Waals surface area (Å²) in [4.78, 5) is 14.5. The smallest absolute Gasteiger partial charge is 0.241 e. The summed E-state index contributed by atoms with van der Waals surface area (Å²) < 4.78 is 0. The van der Waals surface area contributed by atoms with Gasteiger partial charge < -0.3 is 11.1 Å². The van der Waals surface area contributed by atoms with E-state index in [4.69, 9.17) is 5.73 Å². The predicted octanol–water partition coefficient (Wildman–Crippen LogP) is 2.59. The molecule has 112 valence electrons. The summed E-state index contributed by atoms with van der Waals surface area (Å²) in [6, 6.07) is 7.93. The second-order valence-electron chi connectivity index (χ2n) is 5.16. The molecular weight excluding hydrogens is 250 g/mol. The van der Waals surface area contributed by atoms with Crippen LogP contribution in [0.2, 0.25) is 0 Å². The standard InChI is InChI=1S/C16H27N3O/c1-5-14(6-2)19(4)12(3)16(20)18-15-10-8-7-9-13(15)11-17/h7-10,12,14H,5-6,11,17H2,1-4H3,(H,18,20). The van der Waals surface area contributed by atoms with E-state index in [9.17, 15) is 4.79 Å². The van der Waals surface area contributed by atoms with Gasteiger partial charge in [-0.2, -0.15) is 0 Å². The van der Waals surface area contributed by atoms with Gasteiger partial charge in [0.2, 0.25) is 5.91 Å². The first-order chi connectivity index (χ1) is 9.54. The number of nitrogens with zero attached hydrogens (tertiary/aromatic N) is 1. The third-order valence-electron chi connectivity index (χ3n) is 4.00. The second kappa shape index (κ2) is 8.02. The summed E-state index contributed by atoms with van der Waals surface area (Å²) in [6.07, 6.45) is 2.09. The van der Waals surface area contributed by atoms with Crippen LogP contribution >= 0.6 is 0 Å². The maximum absolute atomic E-state index is 12.4. The highest BCUT2D eigenvalue weighted by atomic mass is 16.2. The minimum atomic E-state index is -0.161. The van der Waals surface area contributed by atoms with E-state index in [2.05, 4.69) is 24.1 Å². The lowest BCUT2D eigenvalue weighted by atomic mass is 10.1. The van der Waals surface area contributed by atoms with Gasteiger partial charge in [0.25, 0.3) is 0 Å². The van der Waals surface area contributed by atoms with Crippen LogP contribution in [0, 0.1) is 0 Å². The van der Waals surface area contributed by atoms with Crippen molar-refractivity contribution in [3.05, 3.63) is 29.8 Å². The Morgan fingerprint density at radius 1 is 1.30 bits per heavy atom. The molecule has 0 aliphatic rings. The molecule has 0 aromatic heterocycles.